The molecule has 3 heterocycles. The SMILES string of the molecule is C=CCOc1ccc2c(c1)C1C(CCCCO)C(CCCCO)C=C3C(=NOC4CCCCO4)CC(N(C)S(=O)(=O)c4cccc5cccnc45)C(OCC=C)(O2)C31. The molecule has 2 aliphatic heterocycles. The average molecular weight is 816 g/mol. The van der Waals surface area contributed by atoms with Gasteiger partial charge in [0, 0.05) is 56.2 Å². The van der Waals surface area contributed by atoms with E-state index >= 15 is 8.42 Å². The highest BCUT2D eigenvalue weighted by molar-refractivity contribution is 7.89. The van der Waals surface area contributed by atoms with Gasteiger partial charge in [-0.15, -0.1) is 6.58 Å². The molecule has 1 saturated carbocycles. The number of oxime groups is 1. The molecule has 58 heavy (non-hydrogen) atoms. The van der Waals surface area contributed by atoms with Crippen molar-refractivity contribution in [1.29, 1.82) is 0 Å². The smallest absolute Gasteiger partial charge is 0.245 e. The summed E-state index contributed by atoms with van der Waals surface area (Å²) in [6.45, 7) is 8.98. The second-order valence-electron chi connectivity index (χ2n) is 15.6. The summed E-state index contributed by atoms with van der Waals surface area (Å²) < 4.78 is 57.8. The van der Waals surface area contributed by atoms with Crippen LogP contribution in [0.3, 0.4) is 0 Å². The molecule has 2 N–H and O–H groups in total. The van der Waals surface area contributed by atoms with E-state index in [1.165, 1.54) is 4.31 Å². The number of unbranched alkanes of at least 4 members (excludes halogenated alkanes) is 2. The average Bonchev–Trinajstić information content (AvgIpc) is 3.25. The summed E-state index contributed by atoms with van der Waals surface area (Å²) in [5.41, 5.74) is 2.79. The van der Waals surface area contributed by atoms with E-state index in [0.29, 0.717) is 60.6 Å². The van der Waals surface area contributed by atoms with Crippen molar-refractivity contribution in [3.63, 3.8) is 0 Å². The summed E-state index contributed by atoms with van der Waals surface area (Å²) in [6, 6.07) is 13.6. The first-order chi connectivity index (χ1) is 28.3. The van der Waals surface area contributed by atoms with Gasteiger partial charge in [0.25, 0.3) is 0 Å². The predicted octanol–water partition coefficient (Wildman–Crippen LogP) is 7.28. The van der Waals surface area contributed by atoms with Gasteiger partial charge in [0.1, 0.15) is 23.0 Å². The number of aliphatic hydroxyl groups is 2. The largest absolute Gasteiger partial charge is 0.490 e. The molecular formula is C45H57N3O9S. The summed E-state index contributed by atoms with van der Waals surface area (Å²) in [5.74, 6) is -1.05. The third-order valence-corrected chi connectivity index (χ3v) is 14.0. The molecule has 2 aromatic carbocycles. The van der Waals surface area contributed by atoms with Crippen LogP contribution >= 0.6 is 0 Å². The van der Waals surface area contributed by atoms with Crippen molar-refractivity contribution in [2.45, 2.75) is 93.1 Å². The lowest BCUT2D eigenvalue weighted by Gasteiger charge is -2.59. The standard InChI is InChI=1S/C45H57N3O9S/c1-4-25-53-33-20-21-38-36(29-33)42-34(17-7-10-24-50)32(14-6-9-23-49)28-35-37(47-57-41-19-8-11-27-54-41)30-40(45(56-38,43(35)42)55-26-5-2)48(3)58(51,52)39-18-12-15-31-16-13-22-46-44(31)39/h4-5,12-13,15-16,18,20-22,28-29,32,34,40-43,49-50H,1-2,6-11,14,17,19,23-27,30H2,3H3. The minimum Gasteiger partial charge on any atom is -0.490 e. The highest BCUT2D eigenvalue weighted by Gasteiger charge is 2.65. The van der Waals surface area contributed by atoms with E-state index in [4.69, 9.17) is 28.9 Å². The highest BCUT2D eigenvalue weighted by atomic mass is 32.2. The molecule has 4 aliphatic rings. The summed E-state index contributed by atoms with van der Waals surface area (Å²) in [4.78, 5) is 10.8. The van der Waals surface area contributed by atoms with Crippen molar-refractivity contribution in [3.05, 3.63) is 97.3 Å². The van der Waals surface area contributed by atoms with Crippen LogP contribution in [0.4, 0.5) is 0 Å². The fourth-order valence-electron chi connectivity index (χ4n) is 9.47. The number of nitrogens with zero attached hydrogens (tertiary/aromatic N) is 3. The quantitative estimate of drug-likeness (QED) is 0.0719. The minimum absolute atomic E-state index is 0.0229. The molecule has 2 fully saturated rings. The first-order valence-corrected chi connectivity index (χ1v) is 22.1. The van der Waals surface area contributed by atoms with Crippen LogP contribution in [-0.2, 0) is 24.3 Å². The summed E-state index contributed by atoms with van der Waals surface area (Å²) >= 11 is 0. The van der Waals surface area contributed by atoms with Crippen molar-refractivity contribution in [2.24, 2.45) is 22.9 Å². The fraction of sp³-hybridized carbons (Fsp3) is 0.511. The third kappa shape index (κ3) is 8.35. The number of para-hydroxylation sites is 1. The molecule has 7 atom stereocenters. The van der Waals surface area contributed by atoms with E-state index in [0.717, 1.165) is 49.7 Å². The molecule has 7 unspecified atom stereocenters. The van der Waals surface area contributed by atoms with E-state index in [2.05, 4.69) is 24.2 Å². The number of pyridine rings is 1. The Labute approximate surface area is 342 Å². The molecule has 0 spiro atoms. The minimum atomic E-state index is -4.25. The van der Waals surface area contributed by atoms with Gasteiger partial charge in [0.15, 0.2) is 0 Å². The van der Waals surface area contributed by atoms with E-state index in [1.807, 2.05) is 30.3 Å². The van der Waals surface area contributed by atoms with Gasteiger partial charge < -0.3 is 34.0 Å². The number of aliphatic hydroxyl groups excluding tert-OH is 2. The summed E-state index contributed by atoms with van der Waals surface area (Å²) in [7, 11) is -2.67. The van der Waals surface area contributed by atoms with Gasteiger partial charge in [0.05, 0.1) is 36.4 Å². The van der Waals surface area contributed by atoms with Crippen LogP contribution in [0.1, 0.15) is 75.7 Å². The number of allylic oxidation sites excluding steroid dienone is 1. The number of hydrogen-bond acceptors (Lipinski definition) is 11. The van der Waals surface area contributed by atoms with Crippen molar-refractivity contribution in [3.8, 4) is 11.5 Å². The number of hydrogen-bond donors (Lipinski definition) is 2. The Kier molecular flexibility index (Phi) is 13.7. The molecule has 0 bridgehead atoms. The zero-order chi connectivity index (χ0) is 40.7. The maximum absolute atomic E-state index is 15.1. The Balaban J connectivity index is 1.46. The van der Waals surface area contributed by atoms with Gasteiger partial charge in [-0.3, -0.25) is 4.98 Å². The lowest BCUT2D eigenvalue weighted by atomic mass is 9.55. The number of fused-ring (bicyclic) bond motifs is 3. The lowest BCUT2D eigenvalue weighted by molar-refractivity contribution is -0.250. The number of benzene rings is 2. The Morgan fingerprint density at radius 2 is 1.81 bits per heavy atom. The Hall–Kier alpha value is -4.11. The van der Waals surface area contributed by atoms with Gasteiger partial charge in [0.2, 0.25) is 22.1 Å². The molecule has 2 aliphatic carbocycles. The van der Waals surface area contributed by atoms with Crippen molar-refractivity contribution < 1.29 is 42.4 Å². The molecule has 0 amide bonds. The number of sulfonamides is 1. The second kappa shape index (κ2) is 18.9. The van der Waals surface area contributed by atoms with Crippen molar-refractivity contribution in [2.75, 3.05) is 40.1 Å². The topological polar surface area (TPSA) is 149 Å². The maximum atomic E-state index is 15.1. The van der Waals surface area contributed by atoms with Gasteiger partial charge in [-0.1, -0.05) is 61.0 Å². The summed E-state index contributed by atoms with van der Waals surface area (Å²) in [6.07, 6.45) is 13.9. The Bertz CT molecular complexity index is 2080. The van der Waals surface area contributed by atoms with Crippen LogP contribution in [0, 0.1) is 17.8 Å². The normalized spacial score (nSPS) is 27.3. The number of aromatic nitrogens is 1. The van der Waals surface area contributed by atoms with Gasteiger partial charge in [-0.25, -0.2) is 8.42 Å². The lowest BCUT2D eigenvalue weighted by Crippen LogP contribution is -2.69. The summed E-state index contributed by atoms with van der Waals surface area (Å²) in [5, 5.41) is 25.3. The molecule has 7 rings (SSSR count). The molecular weight excluding hydrogens is 759 g/mol. The van der Waals surface area contributed by atoms with Gasteiger partial charge >= 0.3 is 0 Å². The Morgan fingerprint density at radius 1 is 1.02 bits per heavy atom. The zero-order valence-electron chi connectivity index (χ0n) is 33.4. The van der Waals surface area contributed by atoms with Gasteiger partial charge in [-0.05, 0) is 86.3 Å². The first-order valence-electron chi connectivity index (χ1n) is 20.7. The maximum Gasteiger partial charge on any atom is 0.245 e. The zero-order valence-corrected chi connectivity index (χ0v) is 34.2. The van der Waals surface area contributed by atoms with Crippen LogP contribution in [0.2, 0.25) is 0 Å². The number of rotatable bonds is 19. The highest BCUT2D eigenvalue weighted by Crippen LogP contribution is 2.62. The van der Waals surface area contributed by atoms with Crippen LogP contribution in [0.25, 0.3) is 10.9 Å². The van der Waals surface area contributed by atoms with Crippen LogP contribution in [-0.4, -0.2) is 91.8 Å². The number of likely N-dealkylation sites (N-methyl/N-ethyl adjacent to an activating group) is 1. The Morgan fingerprint density at radius 3 is 2.57 bits per heavy atom. The van der Waals surface area contributed by atoms with Crippen molar-refractivity contribution in [1.82, 2.24) is 9.29 Å². The molecule has 3 aromatic rings. The van der Waals surface area contributed by atoms with E-state index in [-0.39, 0.29) is 48.9 Å². The molecule has 1 aromatic heterocycles. The van der Waals surface area contributed by atoms with E-state index < -0.39 is 34.1 Å². The molecule has 12 nitrogen and oxygen atoms in total. The first kappa shape index (κ1) is 42.0. The van der Waals surface area contributed by atoms with Crippen LogP contribution in [0.5, 0.6) is 11.5 Å². The fourth-order valence-corrected chi connectivity index (χ4v) is 11.0. The number of ether oxygens (including phenoxy) is 4. The molecule has 312 valence electrons. The molecule has 1 saturated heterocycles. The van der Waals surface area contributed by atoms with Crippen LogP contribution < -0.4 is 9.47 Å². The second-order valence-corrected chi connectivity index (χ2v) is 17.6. The van der Waals surface area contributed by atoms with Crippen LogP contribution in [0.15, 0.2) is 102 Å². The van der Waals surface area contributed by atoms with E-state index in [1.54, 1.807) is 43.6 Å². The monoisotopic (exact) mass is 815 g/mol. The molecule has 0 radical (unpaired) electrons. The molecule has 13 heteroatoms. The van der Waals surface area contributed by atoms with Gasteiger partial charge in [-0.2, -0.15) is 4.31 Å². The van der Waals surface area contributed by atoms with Crippen molar-refractivity contribution >= 4 is 26.6 Å². The van der Waals surface area contributed by atoms with E-state index in [9.17, 15) is 10.2 Å². The predicted molar refractivity (Wildman–Crippen MR) is 222 cm³/mol. The third-order valence-electron chi connectivity index (χ3n) is 12.1.